The zero-order chi connectivity index (χ0) is 47.4. The molecule has 10 nitrogen and oxygen atoms in total. The Labute approximate surface area is 396 Å². The van der Waals surface area contributed by atoms with Crippen molar-refractivity contribution in [2.45, 2.75) is 262 Å². The number of Topliss-reactive ketones (excluding diaryl/α,β-unsaturated/α-hetero) is 1. The topological polar surface area (TPSA) is 122 Å². The molecule has 372 valence electrons. The lowest BCUT2D eigenvalue weighted by atomic mass is 9.57. The van der Waals surface area contributed by atoms with Crippen LogP contribution in [0.2, 0.25) is 36.3 Å². The molecular weight excluding hydrogens is 853 g/mol. The van der Waals surface area contributed by atoms with Crippen LogP contribution in [0.4, 0.5) is 0 Å². The van der Waals surface area contributed by atoms with Crippen molar-refractivity contribution in [2.75, 3.05) is 13.2 Å². The lowest BCUT2D eigenvalue weighted by Gasteiger charge is -2.50. The molecule has 7 aliphatic rings. The maximum atomic E-state index is 15.7. The van der Waals surface area contributed by atoms with Crippen LogP contribution in [0.3, 0.4) is 0 Å². The van der Waals surface area contributed by atoms with Crippen molar-refractivity contribution in [3.8, 4) is 0 Å². The van der Waals surface area contributed by atoms with Gasteiger partial charge in [-0.15, -0.1) is 0 Å². The fourth-order valence-electron chi connectivity index (χ4n) is 13.0. The summed E-state index contributed by atoms with van der Waals surface area (Å²) < 4.78 is 50.9. The highest BCUT2D eigenvalue weighted by Gasteiger charge is 2.66. The number of ketones is 1. The summed E-state index contributed by atoms with van der Waals surface area (Å²) in [5.41, 5.74) is 0.402. The third kappa shape index (κ3) is 10.2. The van der Waals surface area contributed by atoms with Gasteiger partial charge in [-0.2, -0.15) is 0 Å². The summed E-state index contributed by atoms with van der Waals surface area (Å²) >= 11 is 0. The highest BCUT2D eigenvalue weighted by atomic mass is 28.4. The predicted molar refractivity (Wildman–Crippen MR) is 261 cm³/mol. The van der Waals surface area contributed by atoms with Gasteiger partial charge in [-0.3, -0.25) is 4.79 Å². The summed E-state index contributed by atoms with van der Waals surface area (Å²) in [6, 6.07) is 3.10. The summed E-state index contributed by atoms with van der Waals surface area (Å²) in [7, 11) is -4.21. The van der Waals surface area contributed by atoms with E-state index in [9.17, 15) is 10.2 Å². The molecule has 6 aliphatic heterocycles. The number of ether oxygens (including phenoxy) is 5. The van der Waals surface area contributed by atoms with Gasteiger partial charge >= 0.3 is 0 Å². The van der Waals surface area contributed by atoms with E-state index in [-0.39, 0.29) is 65.5 Å². The largest absolute Gasteiger partial charge is 0.413 e. The van der Waals surface area contributed by atoms with Crippen LogP contribution in [0.15, 0.2) is 23.8 Å². The van der Waals surface area contributed by atoms with E-state index in [1.165, 1.54) is 5.57 Å². The van der Waals surface area contributed by atoms with Gasteiger partial charge in [0, 0.05) is 56.5 Å². The third-order valence-electron chi connectivity index (χ3n) is 18.9. The van der Waals surface area contributed by atoms with Gasteiger partial charge in [0.15, 0.2) is 28.2 Å². The van der Waals surface area contributed by atoms with Crippen molar-refractivity contribution < 1.29 is 47.5 Å². The smallest absolute Gasteiger partial charge is 0.200 e. The molecule has 2 N–H and O–H groups in total. The maximum absolute atomic E-state index is 15.7. The molecule has 1 aliphatic carbocycles. The van der Waals surface area contributed by atoms with Crippen molar-refractivity contribution in [3.63, 3.8) is 0 Å². The molecule has 0 aromatic carbocycles. The molecule has 3 spiro atoms. The molecule has 6 saturated heterocycles. The van der Waals surface area contributed by atoms with Crippen LogP contribution in [0.1, 0.15) is 172 Å². The molecule has 7 rings (SSSR count). The van der Waals surface area contributed by atoms with E-state index >= 15 is 4.79 Å². The normalized spacial score (nSPS) is 41.8. The lowest BCUT2D eigenvalue weighted by molar-refractivity contribution is -0.403. The second kappa shape index (κ2) is 19.4. The van der Waals surface area contributed by atoms with E-state index in [0.717, 1.165) is 55.8 Å². The number of aliphatic hydroxyl groups excluding tert-OH is 1. The molecule has 0 aromatic heterocycles. The molecule has 6 fully saturated rings. The number of hydrogen-bond donors (Lipinski definition) is 2. The zero-order valence-electron chi connectivity index (χ0n) is 43.0. The average Bonchev–Trinajstić information content (AvgIpc) is 3.76. The second-order valence-electron chi connectivity index (χ2n) is 24.4. The van der Waals surface area contributed by atoms with Gasteiger partial charge in [0.25, 0.3) is 0 Å². The first-order valence-electron chi connectivity index (χ1n) is 26.4. The Morgan fingerprint density at radius 1 is 0.862 bits per heavy atom. The molecule has 0 aromatic rings. The Morgan fingerprint density at radius 3 is 2.25 bits per heavy atom. The summed E-state index contributed by atoms with van der Waals surface area (Å²) in [5, 5.41) is 22.6. The Kier molecular flexibility index (Phi) is 15.6. The van der Waals surface area contributed by atoms with Crippen LogP contribution in [0.5, 0.6) is 0 Å². The van der Waals surface area contributed by atoms with Crippen LogP contribution >= 0.6 is 0 Å². The minimum Gasteiger partial charge on any atom is -0.413 e. The Morgan fingerprint density at radius 2 is 1.57 bits per heavy atom. The average molecular weight is 945 g/mol. The van der Waals surface area contributed by atoms with E-state index in [2.05, 4.69) is 88.1 Å². The van der Waals surface area contributed by atoms with Crippen LogP contribution in [0, 0.1) is 29.1 Å². The number of rotatable bonds is 12. The molecule has 0 radical (unpaired) electrons. The first-order valence-corrected chi connectivity index (χ1v) is 31.8. The number of carbonyl (C=O) groups is 1. The monoisotopic (exact) mass is 945 g/mol. The predicted octanol–water partition coefficient (Wildman–Crippen LogP) is 11.7. The van der Waals surface area contributed by atoms with Gasteiger partial charge in [0.05, 0.1) is 31.0 Å². The Balaban J connectivity index is 1.35. The molecular formula is C53H92O10Si2. The molecule has 14 atom stereocenters. The van der Waals surface area contributed by atoms with Gasteiger partial charge in [0.1, 0.15) is 17.5 Å². The molecule has 6 heterocycles. The van der Waals surface area contributed by atoms with Crippen molar-refractivity contribution >= 4 is 22.4 Å². The van der Waals surface area contributed by atoms with Crippen LogP contribution < -0.4 is 0 Å². The van der Waals surface area contributed by atoms with E-state index in [0.29, 0.717) is 77.2 Å². The van der Waals surface area contributed by atoms with E-state index in [1.807, 2.05) is 6.92 Å². The van der Waals surface area contributed by atoms with E-state index in [4.69, 9.17) is 32.5 Å². The molecule has 0 unspecified atom stereocenters. The summed E-state index contributed by atoms with van der Waals surface area (Å²) in [4.78, 5) is 15.7. The van der Waals surface area contributed by atoms with Crippen molar-refractivity contribution in [3.05, 3.63) is 23.8 Å². The number of hydrogen-bond acceptors (Lipinski definition) is 10. The highest BCUT2D eigenvalue weighted by molar-refractivity contribution is 6.74. The number of fused-ring (bicyclic) bond motifs is 7. The second-order valence-corrected chi connectivity index (χ2v) is 33.9. The van der Waals surface area contributed by atoms with Gasteiger partial charge in [-0.1, -0.05) is 80.5 Å². The number of aliphatic hydroxyl groups is 2. The summed E-state index contributed by atoms with van der Waals surface area (Å²) in [5.74, 6) is -2.69. The first kappa shape index (κ1) is 52.1. The fraction of sp³-hybridized carbons (Fsp3) is 0.906. The van der Waals surface area contributed by atoms with Crippen molar-refractivity contribution in [2.24, 2.45) is 29.1 Å². The van der Waals surface area contributed by atoms with Gasteiger partial charge in [-0.25, -0.2) is 0 Å². The molecule has 65 heavy (non-hydrogen) atoms. The molecule has 0 amide bonds. The minimum atomic E-state index is -2.12. The number of carbonyl (C=O) groups excluding carboxylic acids is 1. The Bertz CT molecular complexity index is 1710. The minimum absolute atomic E-state index is 0.0301. The zero-order valence-corrected chi connectivity index (χ0v) is 45.0. The first-order chi connectivity index (χ1) is 30.4. The Hall–Kier alpha value is -0.776. The summed E-state index contributed by atoms with van der Waals surface area (Å²) in [6.45, 7) is 32.1. The quantitative estimate of drug-likeness (QED) is 0.144. The van der Waals surface area contributed by atoms with Crippen molar-refractivity contribution in [1.82, 2.24) is 0 Å². The molecule has 0 saturated carbocycles. The van der Waals surface area contributed by atoms with Gasteiger partial charge in [0.2, 0.25) is 5.79 Å². The SMILES string of the molecule is C=C1CCCC(=O)[C@@]2(C[C@H](C)[C@@H](C)CO)CCC(CO[Si](C)(C)C(C)(C)C)=C[C@@H]2[C@@H]2O[C@]3(C[C@H]4CCC[C@@]5(CC[C@@]6(O[C@@H](CC[C@@]6(C)O)C1)O5)O4)C[C@@H](C)[C@@H](O[Si](CC)(CC)CC)[C@H]2O3. The van der Waals surface area contributed by atoms with Crippen LogP contribution in [-0.2, 0) is 37.3 Å². The van der Waals surface area contributed by atoms with Crippen LogP contribution in [-0.4, -0.2) is 99.3 Å². The fourth-order valence-corrected chi connectivity index (χ4v) is 16.9. The lowest BCUT2D eigenvalue weighted by Crippen LogP contribution is -2.60. The van der Waals surface area contributed by atoms with Crippen LogP contribution in [0.25, 0.3) is 0 Å². The van der Waals surface area contributed by atoms with Crippen molar-refractivity contribution in [1.29, 1.82) is 0 Å². The van der Waals surface area contributed by atoms with E-state index < -0.39 is 51.1 Å². The highest BCUT2D eigenvalue weighted by Crippen LogP contribution is 2.59. The molecule has 7 bridgehead atoms. The summed E-state index contributed by atoms with van der Waals surface area (Å²) in [6.07, 6.45) is 12.0. The van der Waals surface area contributed by atoms with Gasteiger partial charge in [-0.05, 0) is 131 Å². The standard InChI is InChI=1S/C53H92O10Si2/c1-14-65(15-2,16-3)62-45-38(6)32-52-33-42-20-18-24-51(58-42)27-28-53(63-51)49(11,56)25-23-41(59-53)29-36(4)19-17-21-44(55)50(31-37(5)39(7)34-54)26-22-40(35-57-64(12,13)48(8,9)10)30-43(50)46(60-52)47(45)61-52/h30,37-39,41-43,45-47,54,56H,4,14-29,31-35H2,1-3,5-13H3/t37-,38+,39-,41-,42+,43+,45+,46-,47+,49+,50+,51+,52+,53+/m0/s1. The third-order valence-corrected chi connectivity index (χ3v) is 28.0. The van der Waals surface area contributed by atoms with Gasteiger partial charge < -0.3 is 42.7 Å². The molecule has 12 heteroatoms. The van der Waals surface area contributed by atoms with E-state index in [1.54, 1.807) is 0 Å². The maximum Gasteiger partial charge on any atom is 0.200 e.